The number of hydrogen-bond acceptors (Lipinski definition) is 7. The van der Waals surface area contributed by atoms with E-state index in [0.717, 1.165) is 17.2 Å². The van der Waals surface area contributed by atoms with E-state index in [-0.39, 0.29) is 48.0 Å². The fraction of sp³-hybridized carbons (Fsp3) is 0.346. The van der Waals surface area contributed by atoms with Gasteiger partial charge in [0.05, 0.1) is 22.5 Å². The molecule has 218 valence electrons. The second-order valence-corrected chi connectivity index (χ2v) is 11.9. The monoisotopic (exact) mass is 607 g/mol. The highest BCUT2D eigenvalue weighted by Gasteiger charge is 2.56. The number of amides is 4. The van der Waals surface area contributed by atoms with Crippen molar-refractivity contribution >= 4 is 56.3 Å². The standard InChI is InChI=1S/C26H27ClFN5O7S/c1-41(37,38)40-8-7-39-16-5-6-20-17(11-16)19(13-32(20)25(29)35)31-26(36)33-21-9-15(21)10-22(33)24(34)30-12-14-3-2-4-18(27)23(14)28/h2-6,11,13,15,21-22H,7-10,12H2,1H3,(H2,29,35)(H,30,34)(H,31,36)/t15-,21-,22+/m1/s1. The average molecular weight is 608 g/mol. The van der Waals surface area contributed by atoms with Crippen molar-refractivity contribution in [2.24, 2.45) is 11.7 Å². The number of urea groups is 1. The Morgan fingerprint density at radius 3 is 2.68 bits per heavy atom. The Kier molecular flexibility index (Phi) is 7.81. The lowest BCUT2D eigenvalue weighted by Gasteiger charge is -2.27. The number of ether oxygens (including phenoxy) is 1. The van der Waals surface area contributed by atoms with Crippen molar-refractivity contribution in [1.29, 1.82) is 0 Å². The summed E-state index contributed by atoms with van der Waals surface area (Å²) < 4.78 is 47.9. The zero-order valence-corrected chi connectivity index (χ0v) is 23.4. The quantitative estimate of drug-likeness (QED) is 0.249. The van der Waals surface area contributed by atoms with Crippen LogP contribution in [0.4, 0.5) is 19.7 Å². The summed E-state index contributed by atoms with van der Waals surface area (Å²) in [7, 11) is -3.62. The van der Waals surface area contributed by atoms with Gasteiger partial charge in [0.15, 0.2) is 0 Å². The van der Waals surface area contributed by atoms with E-state index in [1.807, 2.05) is 0 Å². The maximum atomic E-state index is 14.3. The van der Waals surface area contributed by atoms with Gasteiger partial charge in [0.25, 0.3) is 10.1 Å². The number of carbonyl (C=O) groups excluding carboxylic acids is 3. The molecule has 1 aliphatic heterocycles. The number of nitrogens with zero attached hydrogens (tertiary/aromatic N) is 2. The third kappa shape index (κ3) is 6.24. The van der Waals surface area contributed by atoms with Crippen LogP contribution in [-0.4, -0.2) is 67.4 Å². The van der Waals surface area contributed by atoms with Gasteiger partial charge in [0, 0.05) is 29.7 Å². The van der Waals surface area contributed by atoms with Crippen molar-refractivity contribution < 1.29 is 36.1 Å². The Morgan fingerprint density at radius 2 is 1.95 bits per heavy atom. The molecule has 2 aliphatic rings. The van der Waals surface area contributed by atoms with Crippen molar-refractivity contribution in [1.82, 2.24) is 14.8 Å². The van der Waals surface area contributed by atoms with Crippen LogP contribution in [0.3, 0.4) is 0 Å². The maximum absolute atomic E-state index is 14.3. The fourth-order valence-corrected chi connectivity index (χ4v) is 5.64. The van der Waals surface area contributed by atoms with Crippen LogP contribution < -0.4 is 21.1 Å². The van der Waals surface area contributed by atoms with Gasteiger partial charge in [-0.15, -0.1) is 0 Å². The highest BCUT2D eigenvalue weighted by Crippen LogP contribution is 2.48. The topological polar surface area (TPSA) is 162 Å². The number of anilines is 1. The number of hydrogen-bond donors (Lipinski definition) is 3. The van der Waals surface area contributed by atoms with Gasteiger partial charge in [-0.1, -0.05) is 23.7 Å². The van der Waals surface area contributed by atoms with Gasteiger partial charge in [-0.05, 0) is 43.0 Å². The number of piperidine rings is 1. The summed E-state index contributed by atoms with van der Waals surface area (Å²) in [5.74, 6) is -0.518. The highest BCUT2D eigenvalue weighted by molar-refractivity contribution is 7.85. The van der Waals surface area contributed by atoms with Crippen LogP contribution in [-0.2, 0) is 25.6 Å². The number of aromatic nitrogens is 1. The lowest BCUT2D eigenvalue weighted by molar-refractivity contribution is -0.125. The first-order valence-corrected chi connectivity index (χ1v) is 14.8. The van der Waals surface area contributed by atoms with Crippen molar-refractivity contribution in [2.75, 3.05) is 24.8 Å². The van der Waals surface area contributed by atoms with Crippen LogP contribution >= 0.6 is 11.6 Å². The average Bonchev–Trinajstić information content (AvgIpc) is 3.42. The summed E-state index contributed by atoms with van der Waals surface area (Å²) in [6, 6.07) is 7.01. The van der Waals surface area contributed by atoms with Gasteiger partial charge in [0.2, 0.25) is 5.91 Å². The van der Waals surface area contributed by atoms with Crippen molar-refractivity contribution in [3.63, 3.8) is 0 Å². The van der Waals surface area contributed by atoms with Crippen molar-refractivity contribution in [3.8, 4) is 5.75 Å². The molecule has 12 nitrogen and oxygen atoms in total. The van der Waals surface area contributed by atoms with Crippen LogP contribution in [0.1, 0.15) is 18.4 Å². The predicted octanol–water partition coefficient (Wildman–Crippen LogP) is 3.03. The third-order valence-corrected chi connectivity index (χ3v) is 7.92. The molecule has 1 saturated carbocycles. The molecule has 1 aliphatic carbocycles. The maximum Gasteiger partial charge on any atom is 0.323 e. The number of carbonyl (C=O) groups is 3. The largest absolute Gasteiger partial charge is 0.491 e. The second-order valence-electron chi connectivity index (χ2n) is 9.89. The van der Waals surface area contributed by atoms with E-state index >= 15 is 0 Å². The third-order valence-electron chi connectivity index (χ3n) is 7.03. The summed E-state index contributed by atoms with van der Waals surface area (Å²) >= 11 is 5.83. The molecule has 4 N–H and O–H groups in total. The van der Waals surface area contributed by atoms with E-state index in [0.29, 0.717) is 23.1 Å². The van der Waals surface area contributed by atoms with E-state index in [4.69, 9.17) is 22.1 Å². The first-order valence-electron chi connectivity index (χ1n) is 12.6. The number of rotatable bonds is 9. The molecule has 5 rings (SSSR count). The van der Waals surface area contributed by atoms with E-state index in [2.05, 4.69) is 14.8 Å². The first-order chi connectivity index (χ1) is 19.4. The molecule has 0 bridgehead atoms. The van der Waals surface area contributed by atoms with E-state index in [1.165, 1.54) is 23.2 Å². The number of halogens is 2. The lowest BCUT2D eigenvalue weighted by atomic mass is 10.1. The molecule has 0 unspecified atom stereocenters. The Labute approximate surface area is 239 Å². The molecular weight excluding hydrogens is 581 g/mol. The SMILES string of the molecule is CS(=O)(=O)OCCOc1ccc2c(c1)c(NC(=O)N1[C@@H]3C[C@@H]3C[C@H]1C(=O)NCc1cccc(Cl)c1F)cn2C(N)=O. The molecule has 2 heterocycles. The van der Waals surface area contributed by atoms with Crippen LogP contribution in [0.5, 0.6) is 5.75 Å². The normalized spacial score (nSPS) is 19.6. The minimum atomic E-state index is -3.62. The Hall–Kier alpha value is -3.88. The van der Waals surface area contributed by atoms with Gasteiger partial charge in [0.1, 0.15) is 30.8 Å². The van der Waals surface area contributed by atoms with E-state index in [9.17, 15) is 27.2 Å². The lowest BCUT2D eigenvalue weighted by Crippen LogP contribution is -2.49. The molecular formula is C26H27ClFN5O7S. The van der Waals surface area contributed by atoms with Gasteiger partial charge < -0.3 is 26.0 Å². The van der Waals surface area contributed by atoms with Crippen LogP contribution in [0, 0.1) is 11.7 Å². The summed E-state index contributed by atoms with van der Waals surface area (Å²) in [5, 5.41) is 5.87. The van der Waals surface area contributed by atoms with Crippen LogP contribution in [0.2, 0.25) is 5.02 Å². The molecule has 4 amide bonds. The highest BCUT2D eigenvalue weighted by atomic mass is 35.5. The fourth-order valence-electron chi connectivity index (χ4n) is 5.07. The summed E-state index contributed by atoms with van der Waals surface area (Å²) in [4.78, 5) is 40.1. The smallest absolute Gasteiger partial charge is 0.323 e. The molecule has 41 heavy (non-hydrogen) atoms. The van der Waals surface area contributed by atoms with Crippen LogP contribution in [0.15, 0.2) is 42.6 Å². The Morgan fingerprint density at radius 1 is 1.17 bits per heavy atom. The number of nitrogens with one attached hydrogen (secondary N) is 2. The number of benzene rings is 2. The molecule has 2 aromatic carbocycles. The number of primary amides is 1. The number of fused-ring (bicyclic) bond motifs is 2. The minimum absolute atomic E-state index is 0.0502. The molecule has 3 aromatic rings. The first kappa shape index (κ1) is 28.6. The summed E-state index contributed by atoms with van der Waals surface area (Å²) in [6.45, 7) is -0.353. The van der Waals surface area contributed by atoms with E-state index in [1.54, 1.807) is 24.3 Å². The van der Waals surface area contributed by atoms with Crippen molar-refractivity contribution in [2.45, 2.75) is 31.5 Å². The molecule has 2 fully saturated rings. The number of likely N-dealkylation sites (tertiary alicyclic amines) is 1. The molecule has 0 radical (unpaired) electrons. The van der Waals surface area contributed by atoms with Gasteiger partial charge >= 0.3 is 12.1 Å². The van der Waals surface area contributed by atoms with Crippen LogP contribution in [0.25, 0.3) is 10.9 Å². The van der Waals surface area contributed by atoms with Gasteiger partial charge in [-0.2, -0.15) is 8.42 Å². The summed E-state index contributed by atoms with van der Waals surface area (Å²) in [6.07, 6.45) is 3.53. The zero-order valence-electron chi connectivity index (χ0n) is 21.8. The summed E-state index contributed by atoms with van der Waals surface area (Å²) in [5.41, 5.74) is 6.40. The molecule has 1 saturated heterocycles. The molecule has 0 spiro atoms. The zero-order chi connectivity index (χ0) is 29.5. The van der Waals surface area contributed by atoms with Gasteiger partial charge in [-0.3, -0.25) is 13.5 Å². The Balaban J connectivity index is 1.31. The van der Waals surface area contributed by atoms with Gasteiger partial charge in [-0.25, -0.2) is 14.0 Å². The van der Waals surface area contributed by atoms with E-state index < -0.39 is 39.9 Å². The molecule has 1 aromatic heterocycles. The Bertz CT molecular complexity index is 1650. The minimum Gasteiger partial charge on any atom is -0.491 e. The molecule has 15 heteroatoms. The molecule has 3 atom stereocenters. The predicted molar refractivity (Wildman–Crippen MR) is 148 cm³/mol. The number of nitrogens with two attached hydrogens (primary N) is 1. The second kappa shape index (κ2) is 11.2. The van der Waals surface area contributed by atoms with Crippen molar-refractivity contribution in [3.05, 3.63) is 59.0 Å².